The number of carbonyl (C=O) groups excluding carboxylic acids is 1. The molecule has 1 atom stereocenters. The van der Waals surface area contributed by atoms with Crippen LogP contribution < -0.4 is 10.5 Å². The van der Waals surface area contributed by atoms with Crippen molar-refractivity contribution in [1.82, 2.24) is 4.90 Å². The molecule has 1 aromatic rings. The predicted molar refractivity (Wildman–Crippen MR) is 86.7 cm³/mol. The van der Waals surface area contributed by atoms with Gasteiger partial charge in [0, 0.05) is 19.1 Å². The molecular formula is C17H28N2O2. The Labute approximate surface area is 128 Å². The number of carbonyl (C=O) groups is 1. The van der Waals surface area contributed by atoms with Crippen molar-refractivity contribution in [3.63, 3.8) is 0 Å². The number of ether oxygens (including phenoxy) is 1. The second kappa shape index (κ2) is 7.46. The SMILES string of the molecule is Cc1cc(CC(C)N)cc(C)c1OCC(=O)N(C)C(C)C. The number of nitrogens with two attached hydrogens (primary N) is 1. The molecule has 4 nitrogen and oxygen atoms in total. The fraction of sp³-hybridized carbons (Fsp3) is 0.588. The number of nitrogens with zero attached hydrogens (tertiary/aromatic N) is 1. The summed E-state index contributed by atoms with van der Waals surface area (Å²) in [6.45, 7) is 10.0. The molecule has 1 amide bonds. The molecule has 4 heteroatoms. The van der Waals surface area contributed by atoms with Gasteiger partial charge >= 0.3 is 0 Å². The monoisotopic (exact) mass is 292 g/mol. The van der Waals surface area contributed by atoms with E-state index in [9.17, 15) is 4.79 Å². The zero-order chi connectivity index (χ0) is 16.2. The summed E-state index contributed by atoms with van der Waals surface area (Å²) >= 11 is 0. The Bertz CT molecular complexity index is 473. The molecule has 1 unspecified atom stereocenters. The minimum atomic E-state index is -0.0107. The standard InChI is InChI=1S/C17H28N2O2/c1-11(2)19(6)16(20)10-21-17-12(3)7-15(8-13(17)4)9-14(5)18/h7-8,11,14H,9-10,18H2,1-6H3. The maximum absolute atomic E-state index is 12.0. The fourth-order valence-corrected chi connectivity index (χ4v) is 2.28. The van der Waals surface area contributed by atoms with Gasteiger partial charge in [0.05, 0.1) is 0 Å². The van der Waals surface area contributed by atoms with Gasteiger partial charge in [-0.2, -0.15) is 0 Å². The number of likely N-dealkylation sites (N-methyl/N-ethyl adjacent to an activating group) is 1. The third-order valence-electron chi connectivity index (χ3n) is 3.59. The van der Waals surface area contributed by atoms with Gasteiger partial charge in [-0.3, -0.25) is 4.79 Å². The average Bonchev–Trinajstić information content (AvgIpc) is 2.35. The smallest absolute Gasteiger partial charge is 0.260 e. The Kier molecular flexibility index (Phi) is 6.21. The van der Waals surface area contributed by atoms with E-state index in [4.69, 9.17) is 10.5 Å². The van der Waals surface area contributed by atoms with E-state index in [-0.39, 0.29) is 24.6 Å². The van der Waals surface area contributed by atoms with Crippen LogP contribution in [0.2, 0.25) is 0 Å². The molecule has 0 aromatic heterocycles. The van der Waals surface area contributed by atoms with Crippen LogP contribution in [0.4, 0.5) is 0 Å². The highest BCUT2D eigenvalue weighted by Crippen LogP contribution is 2.25. The van der Waals surface area contributed by atoms with Gasteiger partial charge in [-0.05, 0) is 57.7 Å². The van der Waals surface area contributed by atoms with Crippen LogP contribution >= 0.6 is 0 Å². The van der Waals surface area contributed by atoms with E-state index >= 15 is 0 Å². The molecule has 1 rings (SSSR count). The van der Waals surface area contributed by atoms with Gasteiger partial charge in [0.2, 0.25) is 0 Å². The summed E-state index contributed by atoms with van der Waals surface area (Å²) in [5.74, 6) is 0.789. The molecular weight excluding hydrogens is 264 g/mol. The minimum absolute atomic E-state index is 0.0107. The second-order valence-corrected chi connectivity index (χ2v) is 6.13. The van der Waals surface area contributed by atoms with Crippen molar-refractivity contribution in [1.29, 1.82) is 0 Å². The van der Waals surface area contributed by atoms with E-state index in [1.54, 1.807) is 11.9 Å². The van der Waals surface area contributed by atoms with E-state index < -0.39 is 0 Å². The van der Waals surface area contributed by atoms with E-state index in [0.29, 0.717) is 0 Å². The highest BCUT2D eigenvalue weighted by molar-refractivity contribution is 5.77. The van der Waals surface area contributed by atoms with E-state index in [0.717, 1.165) is 23.3 Å². The van der Waals surface area contributed by atoms with Crippen molar-refractivity contribution in [3.8, 4) is 5.75 Å². The number of hydrogen-bond donors (Lipinski definition) is 1. The lowest BCUT2D eigenvalue weighted by atomic mass is 10.0. The van der Waals surface area contributed by atoms with E-state index in [2.05, 4.69) is 12.1 Å². The molecule has 21 heavy (non-hydrogen) atoms. The Hall–Kier alpha value is -1.55. The highest BCUT2D eigenvalue weighted by atomic mass is 16.5. The lowest BCUT2D eigenvalue weighted by Crippen LogP contribution is -2.36. The van der Waals surface area contributed by atoms with Crippen LogP contribution in [-0.4, -0.2) is 36.5 Å². The van der Waals surface area contributed by atoms with Gasteiger partial charge < -0.3 is 15.4 Å². The molecule has 0 aliphatic rings. The van der Waals surface area contributed by atoms with Gasteiger partial charge in [0.1, 0.15) is 5.75 Å². The van der Waals surface area contributed by atoms with Crippen molar-refractivity contribution in [2.75, 3.05) is 13.7 Å². The maximum atomic E-state index is 12.0. The number of aryl methyl sites for hydroxylation is 2. The van der Waals surface area contributed by atoms with E-state index in [1.807, 2.05) is 34.6 Å². The number of amides is 1. The molecule has 0 radical (unpaired) electrons. The van der Waals surface area contributed by atoms with E-state index in [1.165, 1.54) is 5.56 Å². The van der Waals surface area contributed by atoms with Gasteiger partial charge in [-0.15, -0.1) is 0 Å². The van der Waals surface area contributed by atoms with Gasteiger partial charge in [0.25, 0.3) is 5.91 Å². The topological polar surface area (TPSA) is 55.6 Å². The second-order valence-electron chi connectivity index (χ2n) is 6.13. The molecule has 1 aromatic carbocycles. The molecule has 0 saturated heterocycles. The third kappa shape index (κ3) is 5.05. The first-order chi connectivity index (χ1) is 9.72. The van der Waals surface area contributed by atoms with Crippen LogP contribution in [0.15, 0.2) is 12.1 Å². The van der Waals surface area contributed by atoms with Crippen LogP contribution in [0, 0.1) is 13.8 Å². The first kappa shape index (κ1) is 17.5. The number of benzene rings is 1. The Morgan fingerprint density at radius 1 is 1.24 bits per heavy atom. The Morgan fingerprint density at radius 2 is 1.76 bits per heavy atom. The van der Waals surface area contributed by atoms with Crippen molar-refractivity contribution >= 4 is 5.91 Å². The van der Waals surface area contributed by atoms with Crippen LogP contribution in [-0.2, 0) is 11.2 Å². The highest BCUT2D eigenvalue weighted by Gasteiger charge is 2.14. The van der Waals surface area contributed by atoms with Gasteiger partial charge in [-0.25, -0.2) is 0 Å². The molecule has 0 bridgehead atoms. The lowest BCUT2D eigenvalue weighted by Gasteiger charge is -2.22. The third-order valence-corrected chi connectivity index (χ3v) is 3.59. The summed E-state index contributed by atoms with van der Waals surface area (Å²) in [6, 6.07) is 4.48. The molecule has 0 aliphatic heterocycles. The summed E-state index contributed by atoms with van der Waals surface area (Å²) < 4.78 is 5.74. The first-order valence-corrected chi connectivity index (χ1v) is 7.46. The quantitative estimate of drug-likeness (QED) is 0.876. The summed E-state index contributed by atoms with van der Waals surface area (Å²) in [4.78, 5) is 13.7. The molecule has 0 fully saturated rings. The van der Waals surface area contributed by atoms with Crippen LogP contribution in [0.1, 0.15) is 37.5 Å². The Balaban J connectivity index is 2.78. The van der Waals surface area contributed by atoms with Crippen molar-refractivity contribution in [2.45, 2.75) is 53.1 Å². The van der Waals surface area contributed by atoms with Gasteiger partial charge in [0.15, 0.2) is 6.61 Å². The summed E-state index contributed by atoms with van der Waals surface area (Å²) in [5.41, 5.74) is 9.14. The van der Waals surface area contributed by atoms with Crippen molar-refractivity contribution in [2.24, 2.45) is 5.73 Å². The van der Waals surface area contributed by atoms with Crippen LogP contribution in [0.5, 0.6) is 5.75 Å². The van der Waals surface area contributed by atoms with Crippen LogP contribution in [0.3, 0.4) is 0 Å². The van der Waals surface area contributed by atoms with Crippen molar-refractivity contribution in [3.05, 3.63) is 28.8 Å². The summed E-state index contributed by atoms with van der Waals surface area (Å²) in [5, 5.41) is 0. The largest absolute Gasteiger partial charge is 0.483 e. The average molecular weight is 292 g/mol. The number of rotatable bonds is 6. The molecule has 0 aliphatic carbocycles. The first-order valence-electron chi connectivity index (χ1n) is 7.46. The molecule has 2 N–H and O–H groups in total. The van der Waals surface area contributed by atoms with Crippen molar-refractivity contribution < 1.29 is 9.53 Å². The molecule has 0 spiro atoms. The van der Waals surface area contributed by atoms with Crippen LogP contribution in [0.25, 0.3) is 0 Å². The van der Waals surface area contributed by atoms with Gasteiger partial charge in [-0.1, -0.05) is 12.1 Å². The predicted octanol–water partition coefficient (Wildman–Crippen LogP) is 2.44. The molecule has 118 valence electrons. The minimum Gasteiger partial charge on any atom is -0.483 e. The summed E-state index contributed by atoms with van der Waals surface area (Å²) in [6.07, 6.45) is 0.844. The lowest BCUT2D eigenvalue weighted by molar-refractivity contribution is -0.133. The Morgan fingerprint density at radius 3 is 2.19 bits per heavy atom. The maximum Gasteiger partial charge on any atom is 0.260 e. The fourth-order valence-electron chi connectivity index (χ4n) is 2.28. The number of hydrogen-bond acceptors (Lipinski definition) is 3. The normalized spacial score (nSPS) is 12.4. The summed E-state index contributed by atoms with van der Waals surface area (Å²) in [7, 11) is 1.79. The molecule has 0 saturated carbocycles. The zero-order valence-electron chi connectivity index (χ0n) is 14.1. The zero-order valence-corrected chi connectivity index (χ0v) is 14.1. The molecule has 0 heterocycles.